The van der Waals surface area contributed by atoms with Gasteiger partial charge in [-0.2, -0.15) is 0 Å². The molecule has 0 unspecified atom stereocenters. The molecule has 9 heteroatoms. The van der Waals surface area contributed by atoms with Crippen molar-refractivity contribution in [3.63, 3.8) is 0 Å². The van der Waals surface area contributed by atoms with Crippen LogP contribution in [0.4, 0.5) is 5.69 Å². The number of hydrogen-bond acceptors (Lipinski definition) is 6. The number of hydrogen-bond donors (Lipinski definition) is 1. The molecular weight excluding hydrogens is 472 g/mol. The molecule has 2 aromatic heterocycles. The number of benzene rings is 3. The molecule has 2 heterocycles. The van der Waals surface area contributed by atoms with Crippen LogP contribution in [0.25, 0.3) is 16.6 Å². The first-order chi connectivity index (χ1) is 17.5. The Morgan fingerprint density at radius 3 is 2.47 bits per heavy atom. The minimum Gasteiger partial charge on any atom is -0.324 e. The number of rotatable bonds is 7. The van der Waals surface area contributed by atoms with Gasteiger partial charge in [0.2, 0.25) is 5.91 Å². The van der Waals surface area contributed by atoms with E-state index in [1.165, 1.54) is 16.4 Å². The van der Waals surface area contributed by atoms with E-state index in [0.717, 1.165) is 22.5 Å². The number of para-hydroxylation sites is 2. The lowest BCUT2D eigenvalue weighted by molar-refractivity contribution is -0.116. The Balaban J connectivity index is 1.33. The predicted octanol–water partition coefficient (Wildman–Crippen LogP) is 4.53. The lowest BCUT2D eigenvalue weighted by Gasteiger charge is -2.12. The molecule has 0 radical (unpaired) electrons. The van der Waals surface area contributed by atoms with Crippen LogP contribution in [0.3, 0.4) is 0 Å². The first-order valence-electron chi connectivity index (χ1n) is 11.4. The van der Waals surface area contributed by atoms with Crippen molar-refractivity contribution in [1.29, 1.82) is 0 Å². The van der Waals surface area contributed by atoms with Crippen LogP contribution >= 0.6 is 11.8 Å². The van der Waals surface area contributed by atoms with Gasteiger partial charge in [0.1, 0.15) is 6.54 Å². The largest absolute Gasteiger partial charge is 0.324 e. The first-order valence-corrected chi connectivity index (χ1v) is 12.4. The molecule has 0 fully saturated rings. The molecule has 180 valence electrons. The van der Waals surface area contributed by atoms with E-state index >= 15 is 0 Å². The van der Waals surface area contributed by atoms with E-state index in [0.29, 0.717) is 27.5 Å². The summed E-state index contributed by atoms with van der Waals surface area (Å²) in [7, 11) is 0. The third-order valence-corrected chi connectivity index (χ3v) is 6.48. The van der Waals surface area contributed by atoms with Gasteiger partial charge in [0.25, 0.3) is 5.56 Å². The van der Waals surface area contributed by atoms with Gasteiger partial charge in [-0.25, -0.2) is 9.67 Å². The van der Waals surface area contributed by atoms with Crippen LogP contribution in [0, 0.1) is 13.8 Å². The molecule has 0 saturated heterocycles. The Bertz CT molecular complexity index is 1590. The van der Waals surface area contributed by atoms with Crippen molar-refractivity contribution < 1.29 is 4.79 Å². The van der Waals surface area contributed by atoms with Gasteiger partial charge in [-0.3, -0.25) is 14.2 Å². The fraction of sp³-hybridized carbons (Fsp3) is 0.148. The van der Waals surface area contributed by atoms with Crippen LogP contribution in [0.2, 0.25) is 0 Å². The molecule has 0 bridgehead atoms. The molecule has 5 rings (SSSR count). The molecule has 0 atom stereocenters. The summed E-state index contributed by atoms with van der Waals surface area (Å²) in [5.74, 6) is 0.259. The maximum absolute atomic E-state index is 13.3. The molecule has 0 aliphatic carbocycles. The summed E-state index contributed by atoms with van der Waals surface area (Å²) in [6.45, 7) is 4.03. The van der Waals surface area contributed by atoms with Gasteiger partial charge in [0.15, 0.2) is 5.16 Å². The van der Waals surface area contributed by atoms with E-state index in [1.54, 1.807) is 16.8 Å². The average molecular weight is 497 g/mol. The summed E-state index contributed by atoms with van der Waals surface area (Å²) in [6.07, 6.45) is 1.74. The van der Waals surface area contributed by atoms with Crippen molar-refractivity contribution >= 4 is 34.3 Å². The number of nitrogens with one attached hydrogen (secondary N) is 1. The van der Waals surface area contributed by atoms with Crippen LogP contribution in [0.5, 0.6) is 0 Å². The molecule has 1 amide bonds. The van der Waals surface area contributed by atoms with E-state index in [9.17, 15) is 9.59 Å². The van der Waals surface area contributed by atoms with Crippen molar-refractivity contribution in [2.45, 2.75) is 31.3 Å². The standard InChI is InChI=1S/C27H24N6O2S/c1-18-12-19(2)14-20(13-18)28-25(34)16-32-15-21(30-31-32)17-36-27-29-24-11-7-6-10-23(24)26(35)33(27)22-8-4-3-5-9-22/h3-15H,16-17H2,1-2H3,(H,28,34). The number of amides is 1. The number of anilines is 1. The van der Waals surface area contributed by atoms with E-state index < -0.39 is 0 Å². The number of thioether (sulfide) groups is 1. The van der Waals surface area contributed by atoms with Gasteiger partial charge in [0, 0.05) is 17.6 Å². The molecule has 1 N–H and O–H groups in total. The maximum Gasteiger partial charge on any atom is 0.266 e. The third kappa shape index (κ3) is 5.21. The van der Waals surface area contributed by atoms with E-state index in [1.807, 2.05) is 74.5 Å². The van der Waals surface area contributed by atoms with Gasteiger partial charge in [-0.05, 0) is 61.4 Å². The second kappa shape index (κ2) is 10.2. The van der Waals surface area contributed by atoms with Crippen molar-refractivity contribution in [3.05, 3.63) is 106 Å². The van der Waals surface area contributed by atoms with Crippen molar-refractivity contribution in [2.75, 3.05) is 5.32 Å². The zero-order chi connectivity index (χ0) is 25.1. The highest BCUT2D eigenvalue weighted by Gasteiger charge is 2.14. The highest BCUT2D eigenvalue weighted by Crippen LogP contribution is 2.24. The fourth-order valence-corrected chi connectivity index (χ4v) is 4.92. The van der Waals surface area contributed by atoms with Gasteiger partial charge in [0.05, 0.1) is 22.3 Å². The zero-order valence-corrected chi connectivity index (χ0v) is 20.7. The molecule has 0 aliphatic heterocycles. The van der Waals surface area contributed by atoms with Crippen LogP contribution in [-0.2, 0) is 17.1 Å². The van der Waals surface area contributed by atoms with Crippen molar-refractivity contribution in [3.8, 4) is 5.69 Å². The van der Waals surface area contributed by atoms with Gasteiger partial charge < -0.3 is 5.32 Å². The van der Waals surface area contributed by atoms with Crippen LogP contribution in [0.1, 0.15) is 16.8 Å². The van der Waals surface area contributed by atoms with Gasteiger partial charge in [-0.1, -0.05) is 53.4 Å². The normalized spacial score (nSPS) is 11.1. The highest BCUT2D eigenvalue weighted by molar-refractivity contribution is 7.98. The summed E-state index contributed by atoms with van der Waals surface area (Å²) in [5, 5.41) is 12.3. The molecular formula is C27H24N6O2S. The number of fused-ring (bicyclic) bond motifs is 1. The monoisotopic (exact) mass is 496 g/mol. The average Bonchev–Trinajstić information content (AvgIpc) is 3.29. The Morgan fingerprint density at radius 1 is 0.972 bits per heavy atom. The van der Waals surface area contributed by atoms with Crippen LogP contribution in [0.15, 0.2) is 88.9 Å². The predicted molar refractivity (Wildman–Crippen MR) is 141 cm³/mol. The van der Waals surface area contributed by atoms with Crippen LogP contribution < -0.4 is 10.9 Å². The molecule has 0 aliphatic rings. The number of carbonyl (C=O) groups is 1. The maximum atomic E-state index is 13.3. The topological polar surface area (TPSA) is 94.7 Å². The minimum absolute atomic E-state index is 0.0492. The number of aryl methyl sites for hydroxylation is 2. The third-order valence-electron chi connectivity index (χ3n) is 5.51. The summed E-state index contributed by atoms with van der Waals surface area (Å²) in [6, 6.07) is 22.7. The van der Waals surface area contributed by atoms with E-state index in [-0.39, 0.29) is 18.0 Å². The Labute approximate surface area is 212 Å². The van der Waals surface area contributed by atoms with Crippen molar-refractivity contribution in [2.24, 2.45) is 0 Å². The Morgan fingerprint density at radius 2 is 1.69 bits per heavy atom. The fourth-order valence-electron chi connectivity index (χ4n) is 4.03. The lowest BCUT2D eigenvalue weighted by Crippen LogP contribution is -2.21. The molecule has 8 nitrogen and oxygen atoms in total. The number of carbonyl (C=O) groups excluding carboxylic acids is 1. The van der Waals surface area contributed by atoms with E-state index in [4.69, 9.17) is 4.98 Å². The highest BCUT2D eigenvalue weighted by atomic mass is 32.2. The molecule has 36 heavy (non-hydrogen) atoms. The molecule has 5 aromatic rings. The van der Waals surface area contributed by atoms with Crippen LogP contribution in [-0.4, -0.2) is 30.5 Å². The number of nitrogens with zero attached hydrogens (tertiary/aromatic N) is 5. The molecule has 0 spiro atoms. The lowest BCUT2D eigenvalue weighted by atomic mass is 10.1. The van der Waals surface area contributed by atoms with Gasteiger partial charge in [-0.15, -0.1) is 5.10 Å². The zero-order valence-electron chi connectivity index (χ0n) is 19.9. The second-order valence-corrected chi connectivity index (χ2v) is 9.45. The summed E-state index contributed by atoms with van der Waals surface area (Å²) in [4.78, 5) is 30.6. The summed E-state index contributed by atoms with van der Waals surface area (Å²) in [5.41, 5.74) is 4.87. The second-order valence-electron chi connectivity index (χ2n) is 8.51. The molecule has 3 aromatic carbocycles. The smallest absolute Gasteiger partial charge is 0.266 e. The first kappa shape index (κ1) is 23.5. The minimum atomic E-state index is -0.182. The summed E-state index contributed by atoms with van der Waals surface area (Å²) < 4.78 is 3.13. The number of aromatic nitrogens is 5. The SMILES string of the molecule is Cc1cc(C)cc(NC(=O)Cn2cc(CSc3nc4ccccc4c(=O)n3-c3ccccc3)nn2)c1. The van der Waals surface area contributed by atoms with Gasteiger partial charge >= 0.3 is 0 Å². The van der Waals surface area contributed by atoms with Crippen molar-refractivity contribution in [1.82, 2.24) is 24.5 Å². The van der Waals surface area contributed by atoms with E-state index in [2.05, 4.69) is 21.7 Å². The Hall–Kier alpha value is -4.24. The quantitative estimate of drug-likeness (QED) is 0.263. The molecule has 0 saturated carbocycles. The Kier molecular flexibility index (Phi) is 6.64. The summed E-state index contributed by atoms with van der Waals surface area (Å²) >= 11 is 1.40.